The summed E-state index contributed by atoms with van der Waals surface area (Å²) in [6.45, 7) is 2.96. The standard InChI is InChI=1S/C24H27N5O3S/c1-18-25-24(28-27-18)20-7-6-8-21(17-20)26-23(30)14-11-19-9-12-22(13-10-19)33(31,32)29-15-4-2-3-5-16-29/h6-14,17H,2-5,15-16H2,1H3,(H,26,30)(H,25,27,28)/b14-11+. The third-order valence-corrected chi connectivity index (χ3v) is 7.41. The van der Waals surface area contributed by atoms with Gasteiger partial charge in [-0.15, -0.1) is 0 Å². The molecule has 4 rings (SSSR count). The van der Waals surface area contributed by atoms with Gasteiger partial charge in [-0.1, -0.05) is 37.1 Å². The number of benzene rings is 2. The summed E-state index contributed by atoms with van der Waals surface area (Å²) in [5.74, 6) is 0.988. The Kier molecular flexibility index (Phi) is 7.00. The first-order chi connectivity index (χ1) is 15.9. The number of H-pyrrole nitrogens is 1. The van der Waals surface area contributed by atoms with Crippen LogP contribution >= 0.6 is 0 Å². The van der Waals surface area contributed by atoms with E-state index in [0.29, 0.717) is 30.4 Å². The summed E-state index contributed by atoms with van der Waals surface area (Å²) < 4.78 is 27.3. The second kappa shape index (κ2) is 10.1. The molecule has 2 N–H and O–H groups in total. The Morgan fingerprint density at radius 2 is 1.79 bits per heavy atom. The Morgan fingerprint density at radius 1 is 1.06 bits per heavy atom. The molecule has 0 atom stereocenters. The Morgan fingerprint density at radius 3 is 2.45 bits per heavy atom. The van der Waals surface area contributed by atoms with Crippen LogP contribution in [-0.4, -0.2) is 46.9 Å². The summed E-state index contributed by atoms with van der Waals surface area (Å²) in [6.07, 6.45) is 7.01. The van der Waals surface area contributed by atoms with E-state index in [1.54, 1.807) is 46.8 Å². The van der Waals surface area contributed by atoms with Crippen LogP contribution in [0.2, 0.25) is 0 Å². The maximum atomic E-state index is 12.9. The van der Waals surface area contributed by atoms with Crippen LogP contribution in [0, 0.1) is 6.92 Å². The average Bonchev–Trinajstić information content (AvgIpc) is 3.06. The van der Waals surface area contributed by atoms with E-state index >= 15 is 0 Å². The molecule has 1 aliphatic heterocycles. The summed E-state index contributed by atoms with van der Waals surface area (Å²) >= 11 is 0. The van der Waals surface area contributed by atoms with Gasteiger partial charge < -0.3 is 5.32 Å². The number of anilines is 1. The first-order valence-electron chi connectivity index (χ1n) is 11.0. The predicted molar refractivity (Wildman–Crippen MR) is 128 cm³/mol. The zero-order valence-electron chi connectivity index (χ0n) is 18.5. The Balaban J connectivity index is 1.39. The normalized spacial score (nSPS) is 15.4. The molecule has 3 aromatic rings. The van der Waals surface area contributed by atoms with Crippen LogP contribution in [0.3, 0.4) is 0 Å². The summed E-state index contributed by atoms with van der Waals surface area (Å²) in [7, 11) is -3.48. The van der Waals surface area contributed by atoms with Gasteiger partial charge in [0.2, 0.25) is 15.9 Å². The molecule has 2 aromatic carbocycles. The fraction of sp³-hybridized carbons (Fsp3) is 0.292. The van der Waals surface area contributed by atoms with Gasteiger partial charge in [-0.3, -0.25) is 9.89 Å². The number of hydrogen-bond acceptors (Lipinski definition) is 5. The minimum Gasteiger partial charge on any atom is -0.322 e. The molecule has 1 aromatic heterocycles. The van der Waals surface area contributed by atoms with Crippen LogP contribution in [0.15, 0.2) is 59.5 Å². The largest absolute Gasteiger partial charge is 0.322 e. The Bertz CT molecular complexity index is 1240. The van der Waals surface area contributed by atoms with Crippen molar-refractivity contribution in [1.82, 2.24) is 19.5 Å². The first kappa shape index (κ1) is 22.9. The molecule has 0 saturated carbocycles. The molecular weight excluding hydrogens is 438 g/mol. The van der Waals surface area contributed by atoms with E-state index in [2.05, 4.69) is 20.5 Å². The lowest BCUT2D eigenvalue weighted by atomic mass is 10.2. The number of hydrogen-bond donors (Lipinski definition) is 2. The zero-order chi connectivity index (χ0) is 23.3. The van der Waals surface area contributed by atoms with Gasteiger partial charge in [-0.05, 0) is 55.7 Å². The fourth-order valence-electron chi connectivity index (χ4n) is 3.75. The Hall–Kier alpha value is -3.30. The maximum Gasteiger partial charge on any atom is 0.248 e. The van der Waals surface area contributed by atoms with Gasteiger partial charge in [0.25, 0.3) is 0 Å². The number of aromatic amines is 1. The number of sulfonamides is 1. The fourth-order valence-corrected chi connectivity index (χ4v) is 5.26. The van der Waals surface area contributed by atoms with Crippen molar-refractivity contribution < 1.29 is 13.2 Å². The topological polar surface area (TPSA) is 108 Å². The number of rotatable bonds is 6. The van der Waals surface area contributed by atoms with Gasteiger partial charge in [-0.25, -0.2) is 13.4 Å². The highest BCUT2D eigenvalue weighted by atomic mass is 32.2. The molecule has 0 radical (unpaired) electrons. The molecule has 0 bridgehead atoms. The smallest absolute Gasteiger partial charge is 0.248 e. The molecule has 0 aliphatic carbocycles. The highest BCUT2D eigenvalue weighted by Gasteiger charge is 2.24. The number of amides is 1. The number of aryl methyl sites for hydroxylation is 1. The van der Waals surface area contributed by atoms with Crippen LogP contribution in [0.25, 0.3) is 17.5 Å². The summed E-state index contributed by atoms with van der Waals surface area (Å²) in [6, 6.07) is 13.9. The van der Waals surface area contributed by atoms with Crippen LogP contribution in [0.4, 0.5) is 5.69 Å². The number of carbonyl (C=O) groups excluding carboxylic acids is 1. The second-order valence-electron chi connectivity index (χ2n) is 8.04. The van der Waals surface area contributed by atoms with E-state index in [0.717, 1.165) is 36.8 Å². The first-order valence-corrected chi connectivity index (χ1v) is 12.4. The maximum absolute atomic E-state index is 12.9. The van der Waals surface area contributed by atoms with E-state index in [1.165, 1.54) is 6.08 Å². The van der Waals surface area contributed by atoms with Crippen molar-refractivity contribution in [3.8, 4) is 11.4 Å². The van der Waals surface area contributed by atoms with Gasteiger partial charge in [0, 0.05) is 30.4 Å². The highest BCUT2D eigenvalue weighted by Crippen LogP contribution is 2.22. The van der Waals surface area contributed by atoms with Gasteiger partial charge in [-0.2, -0.15) is 9.40 Å². The molecule has 33 heavy (non-hydrogen) atoms. The van der Waals surface area contributed by atoms with Gasteiger partial charge in [0.15, 0.2) is 5.82 Å². The Labute approximate surface area is 193 Å². The molecule has 1 saturated heterocycles. The van der Waals surface area contributed by atoms with Crippen LogP contribution < -0.4 is 5.32 Å². The van der Waals surface area contributed by atoms with Crippen molar-refractivity contribution in [2.45, 2.75) is 37.5 Å². The third-order valence-electron chi connectivity index (χ3n) is 5.50. The molecule has 1 aliphatic rings. The van der Waals surface area contributed by atoms with Crippen molar-refractivity contribution in [2.75, 3.05) is 18.4 Å². The number of nitrogens with zero attached hydrogens (tertiary/aromatic N) is 3. The van der Waals surface area contributed by atoms with Crippen LogP contribution in [0.5, 0.6) is 0 Å². The molecule has 2 heterocycles. The zero-order valence-corrected chi connectivity index (χ0v) is 19.3. The monoisotopic (exact) mass is 465 g/mol. The molecule has 0 spiro atoms. The summed E-state index contributed by atoms with van der Waals surface area (Å²) in [5.41, 5.74) is 2.16. The van der Waals surface area contributed by atoms with E-state index in [4.69, 9.17) is 0 Å². The molecule has 0 unspecified atom stereocenters. The molecule has 172 valence electrons. The summed E-state index contributed by atoms with van der Waals surface area (Å²) in [4.78, 5) is 16.9. The van der Waals surface area contributed by atoms with Gasteiger partial charge in [0.1, 0.15) is 5.82 Å². The highest BCUT2D eigenvalue weighted by molar-refractivity contribution is 7.89. The minimum absolute atomic E-state index is 0.282. The molecular formula is C24H27N5O3S. The quantitative estimate of drug-likeness (QED) is 0.535. The van der Waals surface area contributed by atoms with Gasteiger partial charge in [0.05, 0.1) is 4.90 Å². The number of carbonyl (C=O) groups is 1. The lowest BCUT2D eigenvalue weighted by molar-refractivity contribution is -0.111. The van der Waals surface area contributed by atoms with Crippen LogP contribution in [-0.2, 0) is 14.8 Å². The van der Waals surface area contributed by atoms with Crippen LogP contribution in [0.1, 0.15) is 37.1 Å². The van der Waals surface area contributed by atoms with E-state index < -0.39 is 10.0 Å². The lowest BCUT2D eigenvalue weighted by Gasteiger charge is -2.19. The predicted octanol–water partition coefficient (Wildman–Crippen LogP) is 4.00. The van der Waals surface area contributed by atoms with Gasteiger partial charge >= 0.3 is 0 Å². The van der Waals surface area contributed by atoms with Crippen molar-refractivity contribution >= 4 is 27.7 Å². The van der Waals surface area contributed by atoms with Crippen molar-refractivity contribution in [3.63, 3.8) is 0 Å². The molecule has 1 amide bonds. The van der Waals surface area contributed by atoms with Crippen molar-refractivity contribution in [3.05, 3.63) is 66.0 Å². The second-order valence-corrected chi connectivity index (χ2v) is 9.97. The van der Waals surface area contributed by atoms with E-state index in [-0.39, 0.29) is 10.8 Å². The average molecular weight is 466 g/mol. The van der Waals surface area contributed by atoms with E-state index in [9.17, 15) is 13.2 Å². The summed E-state index contributed by atoms with van der Waals surface area (Å²) in [5, 5.41) is 9.75. The lowest BCUT2D eigenvalue weighted by Crippen LogP contribution is -2.31. The molecule has 1 fully saturated rings. The third kappa shape index (κ3) is 5.74. The van der Waals surface area contributed by atoms with Crippen molar-refractivity contribution in [2.24, 2.45) is 0 Å². The molecule has 9 heteroatoms. The molecule has 8 nitrogen and oxygen atoms in total. The number of nitrogens with one attached hydrogen (secondary N) is 2. The van der Waals surface area contributed by atoms with Crippen molar-refractivity contribution in [1.29, 1.82) is 0 Å². The minimum atomic E-state index is -3.48. The number of aromatic nitrogens is 3. The SMILES string of the molecule is Cc1nc(-c2cccc(NC(=O)/C=C/c3ccc(S(=O)(=O)N4CCCCCC4)cc3)c2)n[nH]1. The van der Waals surface area contributed by atoms with E-state index in [1.807, 2.05) is 19.1 Å².